The van der Waals surface area contributed by atoms with E-state index in [4.69, 9.17) is 5.11 Å². The van der Waals surface area contributed by atoms with Crippen LogP contribution in [0.5, 0.6) is 0 Å². The van der Waals surface area contributed by atoms with Crippen molar-refractivity contribution in [2.45, 2.75) is 72.4 Å². The van der Waals surface area contributed by atoms with Crippen LogP contribution in [-0.2, 0) is 0 Å². The number of nitrogens with one attached hydrogen (secondary N) is 1. The maximum absolute atomic E-state index is 9.07. The van der Waals surface area contributed by atoms with E-state index in [0.717, 1.165) is 12.3 Å². The lowest BCUT2D eigenvalue weighted by Crippen LogP contribution is -2.44. The Bertz CT molecular complexity index is 159. The Morgan fingerprint density at radius 2 is 1.62 bits per heavy atom. The minimum absolute atomic E-state index is 0.286. The molecule has 0 fully saturated rings. The number of aliphatic hydroxyl groups is 1. The highest BCUT2D eigenvalue weighted by Crippen LogP contribution is 2.16. The second kappa shape index (κ2) is 9.00. The highest BCUT2D eigenvalue weighted by Gasteiger charge is 2.20. The lowest BCUT2D eigenvalue weighted by atomic mass is 9.92. The van der Waals surface area contributed by atoms with E-state index in [1.54, 1.807) is 0 Å². The zero-order chi connectivity index (χ0) is 12.6. The summed E-state index contributed by atoms with van der Waals surface area (Å²) in [7, 11) is 0. The summed E-state index contributed by atoms with van der Waals surface area (Å²) in [6, 6.07) is 1.05. The summed E-state index contributed by atoms with van der Waals surface area (Å²) in [4.78, 5) is 0. The lowest BCUT2D eigenvalue weighted by molar-refractivity contribution is 0.216. The number of hydrogen-bond donors (Lipinski definition) is 2. The first-order valence-electron chi connectivity index (χ1n) is 6.93. The lowest BCUT2D eigenvalue weighted by Gasteiger charge is -2.31. The van der Waals surface area contributed by atoms with Crippen LogP contribution in [0.3, 0.4) is 0 Å². The van der Waals surface area contributed by atoms with E-state index >= 15 is 0 Å². The Morgan fingerprint density at radius 1 is 1.00 bits per heavy atom. The first-order chi connectivity index (χ1) is 7.56. The molecule has 16 heavy (non-hydrogen) atoms. The quantitative estimate of drug-likeness (QED) is 0.636. The summed E-state index contributed by atoms with van der Waals surface area (Å²) in [5, 5.41) is 12.8. The van der Waals surface area contributed by atoms with Gasteiger partial charge in [-0.25, -0.2) is 0 Å². The Labute approximate surface area is 102 Å². The van der Waals surface area contributed by atoms with Crippen LogP contribution in [0.1, 0.15) is 60.3 Å². The van der Waals surface area contributed by atoms with E-state index in [1.807, 2.05) is 0 Å². The predicted octanol–water partition coefficient (Wildman–Crippen LogP) is 3.20. The molecule has 3 atom stereocenters. The molecule has 2 nitrogen and oxygen atoms in total. The zero-order valence-corrected chi connectivity index (χ0v) is 11.8. The maximum atomic E-state index is 9.07. The normalized spacial score (nSPS) is 17.4. The second-order valence-electron chi connectivity index (χ2n) is 5.31. The van der Waals surface area contributed by atoms with Gasteiger partial charge in [-0.2, -0.15) is 0 Å². The molecule has 0 aromatic rings. The third-order valence-corrected chi connectivity index (χ3v) is 3.54. The van der Waals surface area contributed by atoms with Crippen molar-refractivity contribution < 1.29 is 5.11 Å². The molecule has 98 valence electrons. The summed E-state index contributed by atoms with van der Waals surface area (Å²) in [5.41, 5.74) is 0. The van der Waals surface area contributed by atoms with Crippen LogP contribution in [0.25, 0.3) is 0 Å². The largest absolute Gasteiger partial charge is 0.396 e. The molecule has 2 N–H and O–H groups in total. The van der Waals surface area contributed by atoms with Crippen LogP contribution in [0, 0.1) is 11.8 Å². The summed E-state index contributed by atoms with van der Waals surface area (Å²) in [6.07, 6.45) is 4.59. The molecule has 2 heteroatoms. The zero-order valence-electron chi connectivity index (χ0n) is 11.8. The molecule has 0 rings (SSSR count). The van der Waals surface area contributed by atoms with Gasteiger partial charge in [0, 0.05) is 18.7 Å². The SMILES string of the molecule is CCCC(C)C(CC)NC(CCO)C(C)C. The van der Waals surface area contributed by atoms with Gasteiger partial charge in [0.05, 0.1) is 0 Å². The predicted molar refractivity (Wildman–Crippen MR) is 71.6 cm³/mol. The van der Waals surface area contributed by atoms with Crippen LogP contribution >= 0.6 is 0 Å². The smallest absolute Gasteiger partial charge is 0.0445 e. The molecule has 0 radical (unpaired) electrons. The molecule has 0 spiro atoms. The van der Waals surface area contributed by atoms with Crippen molar-refractivity contribution in [3.63, 3.8) is 0 Å². The molecular formula is C14H31NO. The summed E-state index contributed by atoms with van der Waals surface area (Å²) in [5.74, 6) is 1.32. The molecule has 3 unspecified atom stereocenters. The van der Waals surface area contributed by atoms with E-state index < -0.39 is 0 Å². The molecular weight excluding hydrogens is 198 g/mol. The van der Waals surface area contributed by atoms with E-state index in [2.05, 4.69) is 39.9 Å². The fraction of sp³-hybridized carbons (Fsp3) is 1.00. The second-order valence-corrected chi connectivity index (χ2v) is 5.31. The van der Waals surface area contributed by atoms with Crippen molar-refractivity contribution in [2.75, 3.05) is 6.61 Å². The molecule has 0 aromatic heterocycles. The van der Waals surface area contributed by atoms with Crippen molar-refractivity contribution in [3.05, 3.63) is 0 Å². The first-order valence-corrected chi connectivity index (χ1v) is 6.93. The average molecular weight is 229 g/mol. The van der Waals surface area contributed by atoms with Gasteiger partial charge in [0.15, 0.2) is 0 Å². The Balaban J connectivity index is 4.24. The Kier molecular flexibility index (Phi) is 8.96. The monoisotopic (exact) mass is 229 g/mol. The van der Waals surface area contributed by atoms with Gasteiger partial charge >= 0.3 is 0 Å². The number of aliphatic hydroxyl groups excluding tert-OH is 1. The third-order valence-electron chi connectivity index (χ3n) is 3.54. The van der Waals surface area contributed by atoms with Crippen LogP contribution in [-0.4, -0.2) is 23.8 Å². The fourth-order valence-electron chi connectivity index (χ4n) is 2.36. The van der Waals surface area contributed by atoms with E-state index in [0.29, 0.717) is 18.0 Å². The minimum atomic E-state index is 0.286. The molecule has 0 aliphatic heterocycles. The van der Waals surface area contributed by atoms with Gasteiger partial charge in [0.1, 0.15) is 0 Å². The summed E-state index contributed by atoms with van der Waals surface area (Å²) < 4.78 is 0. The fourth-order valence-corrected chi connectivity index (χ4v) is 2.36. The highest BCUT2D eigenvalue weighted by molar-refractivity contribution is 4.79. The van der Waals surface area contributed by atoms with E-state index in [-0.39, 0.29) is 6.61 Å². The maximum Gasteiger partial charge on any atom is 0.0445 e. The topological polar surface area (TPSA) is 32.3 Å². The molecule has 0 heterocycles. The van der Waals surface area contributed by atoms with Gasteiger partial charge < -0.3 is 10.4 Å². The molecule has 0 saturated heterocycles. The number of rotatable bonds is 9. The highest BCUT2D eigenvalue weighted by atomic mass is 16.3. The summed E-state index contributed by atoms with van der Waals surface area (Å²) >= 11 is 0. The molecule has 0 aromatic carbocycles. The van der Waals surface area contributed by atoms with Gasteiger partial charge in [-0.05, 0) is 31.1 Å². The Morgan fingerprint density at radius 3 is 2.00 bits per heavy atom. The molecule has 0 aliphatic rings. The van der Waals surface area contributed by atoms with Crippen molar-refractivity contribution in [1.82, 2.24) is 5.32 Å². The van der Waals surface area contributed by atoms with Gasteiger partial charge in [0.25, 0.3) is 0 Å². The van der Waals surface area contributed by atoms with E-state index in [9.17, 15) is 0 Å². The van der Waals surface area contributed by atoms with Gasteiger partial charge in [-0.3, -0.25) is 0 Å². The molecule has 0 saturated carbocycles. The molecule has 0 bridgehead atoms. The first kappa shape index (κ1) is 15.9. The summed E-state index contributed by atoms with van der Waals surface area (Å²) in [6.45, 7) is 11.6. The van der Waals surface area contributed by atoms with Gasteiger partial charge in [-0.15, -0.1) is 0 Å². The van der Waals surface area contributed by atoms with Crippen molar-refractivity contribution in [2.24, 2.45) is 11.8 Å². The standard InChI is InChI=1S/C14H31NO/c1-6-8-12(5)13(7-2)15-14(9-10-16)11(3)4/h11-16H,6-10H2,1-5H3. The van der Waals surface area contributed by atoms with Gasteiger partial charge in [0.2, 0.25) is 0 Å². The van der Waals surface area contributed by atoms with Crippen LogP contribution < -0.4 is 5.32 Å². The van der Waals surface area contributed by atoms with Crippen molar-refractivity contribution in [3.8, 4) is 0 Å². The van der Waals surface area contributed by atoms with Crippen LogP contribution in [0.4, 0.5) is 0 Å². The minimum Gasteiger partial charge on any atom is -0.396 e. The van der Waals surface area contributed by atoms with Crippen molar-refractivity contribution >= 4 is 0 Å². The van der Waals surface area contributed by atoms with E-state index in [1.165, 1.54) is 19.3 Å². The van der Waals surface area contributed by atoms with Crippen LogP contribution in [0.15, 0.2) is 0 Å². The van der Waals surface area contributed by atoms with Crippen molar-refractivity contribution in [1.29, 1.82) is 0 Å². The third kappa shape index (κ3) is 5.86. The van der Waals surface area contributed by atoms with Gasteiger partial charge in [-0.1, -0.05) is 41.0 Å². The Hall–Kier alpha value is -0.0800. The van der Waals surface area contributed by atoms with Crippen LogP contribution in [0.2, 0.25) is 0 Å². The molecule has 0 aliphatic carbocycles. The average Bonchev–Trinajstić information content (AvgIpc) is 2.24. The molecule has 0 amide bonds. The number of hydrogen-bond acceptors (Lipinski definition) is 2.